The number of carbonyl (C=O) groups excluding carboxylic acids is 2. The van der Waals surface area contributed by atoms with Crippen molar-refractivity contribution in [3.05, 3.63) is 99.4 Å². The summed E-state index contributed by atoms with van der Waals surface area (Å²) in [4.78, 5) is 37.7. The number of methoxy groups -OCH3 is 1. The van der Waals surface area contributed by atoms with Crippen LogP contribution in [0.2, 0.25) is 0 Å². The molecule has 1 heterocycles. The molecule has 7 heteroatoms. The molecule has 3 aromatic carbocycles. The number of fused-ring (bicyclic) bond motifs is 4. The second kappa shape index (κ2) is 7.63. The van der Waals surface area contributed by atoms with Crippen molar-refractivity contribution < 1.29 is 18.7 Å². The van der Waals surface area contributed by atoms with Gasteiger partial charge in [0, 0.05) is 16.7 Å². The molecule has 1 aromatic heterocycles. The number of nitrogens with one attached hydrogen (secondary N) is 1. The number of ketones is 1. The number of ether oxygens (including phenoxy) is 1. The zero-order valence-electron chi connectivity index (χ0n) is 16.9. The van der Waals surface area contributed by atoms with Crippen LogP contribution in [0.15, 0.2) is 81.0 Å². The van der Waals surface area contributed by atoms with Gasteiger partial charge in [0.2, 0.25) is 0 Å². The third-order valence-corrected chi connectivity index (χ3v) is 5.36. The highest BCUT2D eigenvalue weighted by Crippen LogP contribution is 2.35. The van der Waals surface area contributed by atoms with Crippen LogP contribution < -0.4 is 15.8 Å². The van der Waals surface area contributed by atoms with E-state index in [9.17, 15) is 14.4 Å². The third-order valence-electron chi connectivity index (χ3n) is 5.36. The quantitative estimate of drug-likeness (QED) is 0.350. The minimum atomic E-state index is -0.844. The first-order valence-corrected chi connectivity index (χ1v) is 9.80. The molecule has 1 aliphatic rings. The van der Waals surface area contributed by atoms with Crippen molar-refractivity contribution in [2.75, 3.05) is 7.11 Å². The third kappa shape index (κ3) is 3.07. The molecule has 156 valence electrons. The summed E-state index contributed by atoms with van der Waals surface area (Å²) in [7, 11) is 1.55. The summed E-state index contributed by atoms with van der Waals surface area (Å²) in [6.07, 6.45) is 1.45. The number of hydrogen-bond acceptors (Lipinski definition) is 6. The van der Waals surface area contributed by atoms with E-state index in [0.29, 0.717) is 22.4 Å². The number of hydrazone groups is 1. The van der Waals surface area contributed by atoms with Gasteiger partial charge in [-0.05, 0) is 22.9 Å². The molecule has 4 aromatic rings. The summed E-state index contributed by atoms with van der Waals surface area (Å²) in [5.74, 6) is -0.309. The normalized spacial score (nSPS) is 12.1. The molecule has 0 bridgehead atoms. The predicted octanol–water partition coefficient (Wildman–Crippen LogP) is 3.78. The molecule has 0 spiro atoms. The van der Waals surface area contributed by atoms with E-state index in [1.807, 2.05) is 36.4 Å². The molecule has 0 atom stereocenters. The Morgan fingerprint density at radius 2 is 1.72 bits per heavy atom. The van der Waals surface area contributed by atoms with E-state index in [1.54, 1.807) is 31.4 Å². The van der Waals surface area contributed by atoms with E-state index >= 15 is 0 Å². The van der Waals surface area contributed by atoms with Crippen molar-refractivity contribution in [1.29, 1.82) is 0 Å². The Morgan fingerprint density at radius 1 is 0.969 bits per heavy atom. The van der Waals surface area contributed by atoms with Gasteiger partial charge in [0.1, 0.15) is 17.1 Å². The minimum Gasteiger partial charge on any atom is -0.496 e. The van der Waals surface area contributed by atoms with E-state index in [1.165, 1.54) is 12.3 Å². The van der Waals surface area contributed by atoms with Gasteiger partial charge in [0.05, 0.1) is 18.9 Å². The van der Waals surface area contributed by atoms with Gasteiger partial charge in [-0.2, -0.15) is 5.10 Å². The number of nitrogens with zero attached hydrogens (tertiary/aromatic N) is 1. The van der Waals surface area contributed by atoms with E-state index < -0.39 is 11.5 Å². The van der Waals surface area contributed by atoms with Crippen LogP contribution in [0, 0.1) is 0 Å². The average Bonchev–Trinajstić information content (AvgIpc) is 3.09. The number of rotatable bonds is 4. The van der Waals surface area contributed by atoms with Gasteiger partial charge in [-0.25, -0.2) is 10.2 Å². The van der Waals surface area contributed by atoms with Gasteiger partial charge in [-0.15, -0.1) is 0 Å². The molecule has 1 aliphatic carbocycles. The van der Waals surface area contributed by atoms with Crippen LogP contribution in [0.25, 0.3) is 22.1 Å². The van der Waals surface area contributed by atoms with E-state index in [2.05, 4.69) is 10.5 Å². The summed E-state index contributed by atoms with van der Waals surface area (Å²) >= 11 is 0. The Morgan fingerprint density at radius 3 is 2.53 bits per heavy atom. The lowest BCUT2D eigenvalue weighted by Gasteiger charge is -2.08. The van der Waals surface area contributed by atoms with Crippen LogP contribution in [0.4, 0.5) is 0 Å². The fraction of sp³-hybridized carbons (Fsp3) is 0.0400. The molecule has 0 aliphatic heterocycles. The first kappa shape index (κ1) is 19.4. The standard InChI is InChI=1S/C25H16N2O5/c1-31-21-11-10-14-6-2-3-7-15(14)20(21)13-26-27-24(29)19-12-18-22(28)16-8-4-5-9-17(16)23(18)32-25(19)30/h2-13H,1H3,(H,27,29)/b26-13+. The average molecular weight is 424 g/mol. The monoisotopic (exact) mass is 424 g/mol. The highest BCUT2D eigenvalue weighted by atomic mass is 16.5. The second-order valence-corrected chi connectivity index (χ2v) is 7.17. The summed E-state index contributed by atoms with van der Waals surface area (Å²) in [5.41, 5.74) is 3.02. The zero-order chi connectivity index (χ0) is 22.2. The van der Waals surface area contributed by atoms with Crippen molar-refractivity contribution in [3.63, 3.8) is 0 Å². The lowest BCUT2D eigenvalue weighted by Crippen LogP contribution is -2.25. The van der Waals surface area contributed by atoms with Gasteiger partial charge < -0.3 is 9.15 Å². The minimum absolute atomic E-state index is 0.177. The smallest absolute Gasteiger partial charge is 0.349 e. The Labute approximate surface area is 181 Å². The number of amides is 1. The molecule has 1 amide bonds. The van der Waals surface area contributed by atoms with Gasteiger partial charge >= 0.3 is 5.63 Å². The molecule has 7 nitrogen and oxygen atoms in total. The fourth-order valence-corrected chi connectivity index (χ4v) is 3.83. The van der Waals surface area contributed by atoms with Crippen molar-refractivity contribution in [1.82, 2.24) is 5.43 Å². The van der Waals surface area contributed by atoms with Crippen molar-refractivity contribution in [2.24, 2.45) is 5.10 Å². The Hall–Kier alpha value is -4.52. The summed E-state index contributed by atoms with van der Waals surface area (Å²) in [6, 6.07) is 19.5. The highest BCUT2D eigenvalue weighted by Gasteiger charge is 2.31. The summed E-state index contributed by atoms with van der Waals surface area (Å²) in [6.45, 7) is 0. The fourth-order valence-electron chi connectivity index (χ4n) is 3.83. The molecule has 5 rings (SSSR count). The van der Waals surface area contributed by atoms with E-state index in [4.69, 9.17) is 9.15 Å². The number of carbonyl (C=O) groups is 2. The summed E-state index contributed by atoms with van der Waals surface area (Å²) in [5, 5.41) is 5.88. The SMILES string of the molecule is COc1ccc2ccccc2c1/C=N/NC(=O)c1cc2c(oc1=O)-c1ccccc1C2=O. The zero-order valence-corrected chi connectivity index (χ0v) is 16.9. The molecule has 0 fully saturated rings. The number of hydrogen-bond donors (Lipinski definition) is 1. The molecule has 32 heavy (non-hydrogen) atoms. The van der Waals surface area contributed by atoms with Gasteiger partial charge in [0.25, 0.3) is 5.91 Å². The second-order valence-electron chi connectivity index (χ2n) is 7.17. The topological polar surface area (TPSA) is 98.0 Å². The van der Waals surface area contributed by atoms with E-state index in [-0.39, 0.29) is 22.7 Å². The molecule has 1 N–H and O–H groups in total. The molecule has 0 unspecified atom stereocenters. The van der Waals surface area contributed by atoms with Crippen molar-refractivity contribution in [2.45, 2.75) is 0 Å². The maximum atomic E-state index is 12.6. The largest absolute Gasteiger partial charge is 0.496 e. The van der Waals surface area contributed by atoms with Crippen LogP contribution >= 0.6 is 0 Å². The maximum absolute atomic E-state index is 12.6. The predicted molar refractivity (Wildman–Crippen MR) is 119 cm³/mol. The molecule has 0 saturated heterocycles. The van der Waals surface area contributed by atoms with Crippen LogP contribution in [0.1, 0.15) is 31.8 Å². The Bertz CT molecular complexity index is 1500. The van der Waals surface area contributed by atoms with Crippen LogP contribution in [0.5, 0.6) is 5.75 Å². The molecular formula is C25H16N2O5. The number of benzene rings is 3. The Kier molecular flexibility index (Phi) is 4.63. The van der Waals surface area contributed by atoms with Crippen LogP contribution in [-0.2, 0) is 0 Å². The van der Waals surface area contributed by atoms with Crippen LogP contribution in [0.3, 0.4) is 0 Å². The molecule has 0 saturated carbocycles. The van der Waals surface area contributed by atoms with Crippen LogP contribution in [-0.4, -0.2) is 25.0 Å². The lowest BCUT2D eigenvalue weighted by molar-refractivity contribution is 0.0951. The van der Waals surface area contributed by atoms with Gasteiger partial charge in [0.15, 0.2) is 5.78 Å². The Balaban J connectivity index is 1.45. The maximum Gasteiger partial charge on any atom is 0.349 e. The first-order valence-electron chi connectivity index (χ1n) is 9.80. The van der Waals surface area contributed by atoms with Crippen molar-refractivity contribution in [3.8, 4) is 17.1 Å². The molecule has 0 radical (unpaired) electrons. The van der Waals surface area contributed by atoms with Gasteiger partial charge in [-0.1, -0.05) is 54.6 Å². The van der Waals surface area contributed by atoms with E-state index in [0.717, 1.165) is 10.8 Å². The lowest BCUT2D eigenvalue weighted by atomic mass is 10.0. The van der Waals surface area contributed by atoms with Gasteiger partial charge in [-0.3, -0.25) is 9.59 Å². The summed E-state index contributed by atoms with van der Waals surface area (Å²) < 4.78 is 10.7. The van der Waals surface area contributed by atoms with Crippen molar-refractivity contribution >= 4 is 28.7 Å². The highest BCUT2D eigenvalue weighted by molar-refractivity contribution is 6.21. The first-order chi connectivity index (χ1) is 15.6. The molecular weight excluding hydrogens is 408 g/mol.